The van der Waals surface area contributed by atoms with Gasteiger partial charge in [-0.15, -0.1) is 0 Å². The van der Waals surface area contributed by atoms with Gasteiger partial charge >= 0.3 is 11.9 Å². The van der Waals surface area contributed by atoms with Crippen LogP contribution in [-0.2, 0) is 28.7 Å². The predicted octanol–water partition coefficient (Wildman–Crippen LogP) is 5.29. The first kappa shape index (κ1) is 25.4. The molecule has 0 amide bonds. The largest absolute Gasteiger partial charge is 0.457 e. The fourth-order valence-electron chi connectivity index (χ4n) is 8.09. The molecular weight excluding hydrogens is 456 g/mol. The van der Waals surface area contributed by atoms with Crippen LogP contribution in [0, 0.1) is 34.5 Å². The average molecular weight is 497 g/mol. The van der Waals surface area contributed by atoms with Crippen LogP contribution in [0.4, 0.5) is 0 Å². The lowest BCUT2D eigenvalue weighted by molar-refractivity contribution is -0.144. The summed E-state index contributed by atoms with van der Waals surface area (Å²) in [7, 11) is 0. The van der Waals surface area contributed by atoms with E-state index in [4.69, 9.17) is 9.47 Å². The lowest BCUT2D eigenvalue weighted by Gasteiger charge is -2.45. The molecule has 2 heterocycles. The van der Waals surface area contributed by atoms with Gasteiger partial charge in [0.25, 0.3) is 0 Å². The Labute approximate surface area is 214 Å². The number of carbonyl (C=O) groups excluding carboxylic acids is 4. The highest BCUT2D eigenvalue weighted by molar-refractivity contribution is 5.98. The van der Waals surface area contributed by atoms with Gasteiger partial charge < -0.3 is 9.47 Å². The molecule has 8 atom stereocenters. The third-order valence-electron chi connectivity index (χ3n) is 10.7. The zero-order valence-electron chi connectivity index (χ0n) is 22.6. The van der Waals surface area contributed by atoms with E-state index in [9.17, 15) is 19.2 Å². The minimum Gasteiger partial charge on any atom is -0.457 e. The van der Waals surface area contributed by atoms with E-state index in [1.807, 2.05) is 27.7 Å². The van der Waals surface area contributed by atoms with Gasteiger partial charge in [-0.25, -0.2) is 0 Å². The molecule has 0 bridgehead atoms. The highest BCUT2D eigenvalue weighted by atomic mass is 16.6. The van der Waals surface area contributed by atoms with Gasteiger partial charge in [0, 0.05) is 24.7 Å². The zero-order chi connectivity index (χ0) is 26.2. The molecule has 4 fully saturated rings. The third kappa shape index (κ3) is 3.73. The van der Waals surface area contributed by atoms with Crippen molar-refractivity contribution in [3.05, 3.63) is 22.3 Å². The highest BCUT2D eigenvalue weighted by Crippen LogP contribution is 2.56. The second kappa shape index (κ2) is 8.66. The van der Waals surface area contributed by atoms with Crippen molar-refractivity contribution in [2.45, 2.75) is 105 Å². The maximum absolute atomic E-state index is 11.9. The molecule has 0 N–H and O–H groups in total. The van der Waals surface area contributed by atoms with Crippen LogP contribution in [0.5, 0.6) is 0 Å². The number of hydrogen-bond donors (Lipinski definition) is 0. The van der Waals surface area contributed by atoms with Crippen LogP contribution >= 0.6 is 0 Å². The Morgan fingerprint density at radius 3 is 1.36 bits per heavy atom. The van der Waals surface area contributed by atoms with Gasteiger partial charge in [0.2, 0.25) is 0 Å². The monoisotopic (exact) mass is 496 g/mol. The van der Waals surface area contributed by atoms with Gasteiger partial charge in [0.1, 0.15) is 12.2 Å². The van der Waals surface area contributed by atoms with Crippen LogP contribution in [-0.4, -0.2) is 35.7 Å². The number of rotatable bonds is 0. The fourth-order valence-corrected chi connectivity index (χ4v) is 8.09. The minimum atomic E-state index is -0.129. The van der Waals surface area contributed by atoms with Crippen LogP contribution in [0.3, 0.4) is 0 Å². The molecule has 6 rings (SSSR count). The van der Waals surface area contributed by atoms with Crippen molar-refractivity contribution in [1.29, 1.82) is 0 Å². The van der Waals surface area contributed by atoms with Crippen LogP contribution in [0.15, 0.2) is 22.3 Å². The quantitative estimate of drug-likeness (QED) is 0.424. The van der Waals surface area contributed by atoms with E-state index >= 15 is 0 Å². The Balaban J connectivity index is 0.000000148. The smallest absolute Gasteiger partial charge is 0.309 e. The number of Topliss-reactive ketones (excluding diaryl/α,β-unsaturated/α-hetero) is 2. The molecule has 2 saturated carbocycles. The molecule has 6 heteroatoms. The van der Waals surface area contributed by atoms with Crippen LogP contribution in [0.1, 0.15) is 92.9 Å². The van der Waals surface area contributed by atoms with E-state index in [0.717, 1.165) is 60.8 Å². The number of fused-ring (bicyclic) bond motifs is 6. The molecule has 6 aliphatic rings. The van der Waals surface area contributed by atoms with Crippen LogP contribution in [0.25, 0.3) is 0 Å². The van der Waals surface area contributed by atoms with Crippen molar-refractivity contribution in [2.75, 3.05) is 0 Å². The van der Waals surface area contributed by atoms with E-state index in [-0.39, 0.29) is 70.2 Å². The first-order valence-electron chi connectivity index (χ1n) is 13.8. The Bertz CT molecular complexity index is 1010. The normalized spacial score (nSPS) is 43.6. The van der Waals surface area contributed by atoms with Gasteiger partial charge in [-0.3, -0.25) is 19.2 Å². The number of hydrogen-bond acceptors (Lipinski definition) is 6. The molecule has 6 nitrogen and oxygen atoms in total. The molecule has 0 aromatic heterocycles. The third-order valence-corrected chi connectivity index (χ3v) is 10.7. The summed E-state index contributed by atoms with van der Waals surface area (Å²) in [5.41, 5.74) is 4.13. The van der Waals surface area contributed by atoms with Crippen molar-refractivity contribution >= 4 is 23.5 Å². The van der Waals surface area contributed by atoms with Crippen LogP contribution < -0.4 is 0 Å². The van der Waals surface area contributed by atoms with Crippen molar-refractivity contribution in [3.8, 4) is 0 Å². The second-order valence-electron chi connectivity index (χ2n) is 12.7. The summed E-state index contributed by atoms with van der Waals surface area (Å²) in [5, 5.41) is 0. The Kier molecular flexibility index (Phi) is 6.12. The van der Waals surface area contributed by atoms with E-state index in [2.05, 4.69) is 13.8 Å². The number of carbonyl (C=O) groups is 4. The molecule has 2 aliphatic heterocycles. The molecular formula is C30H40O6. The zero-order valence-corrected chi connectivity index (χ0v) is 22.6. The lowest BCUT2D eigenvalue weighted by Crippen LogP contribution is -2.41. The van der Waals surface area contributed by atoms with E-state index in [0.29, 0.717) is 12.8 Å². The molecule has 2 saturated heterocycles. The van der Waals surface area contributed by atoms with E-state index in [1.54, 1.807) is 0 Å². The van der Waals surface area contributed by atoms with E-state index < -0.39 is 0 Å². The first-order valence-corrected chi connectivity index (χ1v) is 13.8. The number of allylic oxidation sites excluding steroid dienone is 2. The van der Waals surface area contributed by atoms with Gasteiger partial charge in [0.05, 0.1) is 11.8 Å². The number of ether oxygens (including phenoxy) is 2. The topological polar surface area (TPSA) is 86.7 Å². The van der Waals surface area contributed by atoms with Crippen LogP contribution in [0.2, 0.25) is 0 Å². The second-order valence-corrected chi connectivity index (χ2v) is 12.7. The molecule has 0 unspecified atom stereocenters. The molecule has 196 valence electrons. The lowest BCUT2D eigenvalue weighted by atomic mass is 9.59. The summed E-state index contributed by atoms with van der Waals surface area (Å²) in [6, 6.07) is 0. The first-order chi connectivity index (χ1) is 16.9. The standard InChI is InChI=1S/2C15H20O3/c2*1-8-10-4-6-15(3)7-5-11(16)9(2)12(15)13(10)18-14(8)17/h2*8,10,13H,4-7H2,1-3H3/t2*8-,10-,13-,15-/m00/s1. The Morgan fingerprint density at radius 1 is 0.639 bits per heavy atom. The highest BCUT2D eigenvalue weighted by Gasteiger charge is 2.55. The number of esters is 2. The van der Waals surface area contributed by atoms with Crippen molar-refractivity contribution < 1.29 is 28.7 Å². The van der Waals surface area contributed by atoms with Gasteiger partial charge in [-0.2, -0.15) is 0 Å². The van der Waals surface area contributed by atoms with Gasteiger partial charge in [0.15, 0.2) is 11.6 Å². The Hall–Kier alpha value is -2.24. The van der Waals surface area contributed by atoms with Gasteiger partial charge in [-0.1, -0.05) is 27.7 Å². The van der Waals surface area contributed by atoms with Crippen molar-refractivity contribution in [2.24, 2.45) is 34.5 Å². The molecule has 0 spiro atoms. The summed E-state index contributed by atoms with van der Waals surface area (Å²) in [4.78, 5) is 47.4. The summed E-state index contributed by atoms with van der Waals surface area (Å²) in [6.07, 6.45) is 7.09. The summed E-state index contributed by atoms with van der Waals surface area (Å²) in [6.45, 7) is 12.2. The summed E-state index contributed by atoms with van der Waals surface area (Å²) < 4.78 is 11.2. The van der Waals surface area contributed by atoms with Crippen molar-refractivity contribution in [3.63, 3.8) is 0 Å². The summed E-state index contributed by atoms with van der Waals surface area (Å²) in [5.74, 6) is 0.814. The maximum atomic E-state index is 11.9. The summed E-state index contributed by atoms with van der Waals surface area (Å²) >= 11 is 0. The van der Waals surface area contributed by atoms with Crippen molar-refractivity contribution in [1.82, 2.24) is 0 Å². The predicted molar refractivity (Wildman–Crippen MR) is 134 cm³/mol. The average Bonchev–Trinajstić information content (AvgIpc) is 3.28. The maximum Gasteiger partial charge on any atom is 0.309 e. The van der Waals surface area contributed by atoms with E-state index in [1.165, 1.54) is 0 Å². The molecule has 4 aliphatic carbocycles. The SMILES string of the molecule is CC1=C2[C@H]3OC(=O)[C@@H](C)[C@@H]3CC[C@@]2(C)CCC1=O.CC1=C2[C@H]3OC(=O)[C@@H](C)[C@@H]3CC[C@@]2(C)CCC1=O. The molecule has 0 radical (unpaired) electrons. The fraction of sp³-hybridized carbons (Fsp3) is 0.733. The molecule has 0 aromatic carbocycles. The molecule has 36 heavy (non-hydrogen) atoms. The number of ketones is 2. The minimum absolute atomic E-state index is 0.0168. The Morgan fingerprint density at radius 2 is 1.00 bits per heavy atom. The molecule has 0 aromatic rings. The van der Waals surface area contributed by atoms with Gasteiger partial charge in [-0.05, 0) is 85.5 Å².